The summed E-state index contributed by atoms with van der Waals surface area (Å²) in [5, 5.41) is 0.0239. The molecule has 0 amide bonds. The molecule has 0 aromatic carbocycles. The Bertz CT molecular complexity index is 156. The van der Waals surface area contributed by atoms with Gasteiger partial charge in [-0.2, -0.15) is 13.2 Å². The van der Waals surface area contributed by atoms with Crippen LogP contribution in [0.4, 0.5) is 13.2 Å². The fourth-order valence-electron chi connectivity index (χ4n) is 0.820. The topological polar surface area (TPSA) is 17.1 Å². The van der Waals surface area contributed by atoms with Crippen LogP contribution < -0.4 is 0 Å². The third-order valence-corrected chi connectivity index (χ3v) is 2.31. The van der Waals surface area contributed by atoms with Gasteiger partial charge in [-0.1, -0.05) is 18.2 Å². The summed E-state index contributed by atoms with van der Waals surface area (Å²) in [5.41, 5.74) is 0. The Morgan fingerprint density at radius 2 is 1.85 bits per heavy atom. The maximum atomic E-state index is 11.6. The van der Waals surface area contributed by atoms with Crippen molar-refractivity contribution in [2.24, 2.45) is 0 Å². The van der Waals surface area contributed by atoms with Gasteiger partial charge < -0.3 is 0 Å². The first-order chi connectivity index (χ1) is 5.92. The third-order valence-electron chi connectivity index (χ3n) is 1.41. The first-order valence-electron chi connectivity index (χ1n) is 4.12. The lowest BCUT2D eigenvalue weighted by Crippen LogP contribution is -2.06. The normalized spacial score (nSPS) is 11.7. The minimum absolute atomic E-state index is 0.0239. The van der Waals surface area contributed by atoms with E-state index >= 15 is 0 Å². The second-order valence-electron chi connectivity index (χ2n) is 2.77. The highest BCUT2D eigenvalue weighted by Crippen LogP contribution is 2.22. The molecule has 0 aromatic rings. The van der Waals surface area contributed by atoms with Crippen molar-refractivity contribution in [3.05, 3.63) is 0 Å². The van der Waals surface area contributed by atoms with Gasteiger partial charge in [-0.05, 0) is 12.8 Å². The highest BCUT2D eigenvalue weighted by Gasteiger charge is 2.25. The zero-order valence-corrected chi connectivity index (χ0v) is 8.30. The van der Waals surface area contributed by atoms with Crippen LogP contribution in [0.1, 0.15) is 32.6 Å². The van der Waals surface area contributed by atoms with E-state index in [1.807, 2.05) is 0 Å². The highest BCUT2D eigenvalue weighted by molar-refractivity contribution is 8.13. The largest absolute Gasteiger partial charge is 0.389 e. The lowest BCUT2D eigenvalue weighted by atomic mass is 10.2. The molecule has 13 heavy (non-hydrogen) atoms. The Morgan fingerprint density at radius 3 is 2.31 bits per heavy atom. The number of alkyl halides is 3. The van der Waals surface area contributed by atoms with Crippen LogP contribution in [-0.4, -0.2) is 17.0 Å². The van der Waals surface area contributed by atoms with Crippen molar-refractivity contribution in [2.75, 3.05) is 5.75 Å². The minimum atomic E-state index is -4.03. The van der Waals surface area contributed by atoms with Crippen LogP contribution in [0.25, 0.3) is 0 Å². The summed E-state index contributed by atoms with van der Waals surface area (Å²) >= 11 is 1.17. The molecule has 0 radical (unpaired) electrons. The molecule has 0 aliphatic carbocycles. The van der Waals surface area contributed by atoms with Crippen LogP contribution in [0, 0.1) is 0 Å². The van der Waals surface area contributed by atoms with E-state index in [0.29, 0.717) is 18.6 Å². The van der Waals surface area contributed by atoms with Crippen molar-refractivity contribution in [2.45, 2.75) is 38.8 Å². The van der Waals surface area contributed by atoms with Gasteiger partial charge in [-0.15, -0.1) is 0 Å². The highest BCUT2D eigenvalue weighted by atomic mass is 32.2. The van der Waals surface area contributed by atoms with Gasteiger partial charge in [-0.25, -0.2) is 0 Å². The number of carbonyl (C=O) groups is 1. The van der Waals surface area contributed by atoms with Gasteiger partial charge in [0.2, 0.25) is 0 Å². The lowest BCUT2D eigenvalue weighted by molar-refractivity contribution is -0.135. The summed E-state index contributed by atoms with van der Waals surface area (Å²) in [5.74, 6) is 0.632. The van der Waals surface area contributed by atoms with Gasteiger partial charge >= 0.3 is 6.18 Å². The van der Waals surface area contributed by atoms with Crippen molar-refractivity contribution in [3.63, 3.8) is 0 Å². The predicted molar refractivity (Wildman–Crippen MR) is 47.7 cm³/mol. The average Bonchev–Trinajstić information content (AvgIpc) is 1.93. The Morgan fingerprint density at radius 1 is 1.23 bits per heavy atom. The summed E-state index contributed by atoms with van der Waals surface area (Å²) in [6, 6.07) is 0. The summed E-state index contributed by atoms with van der Waals surface area (Å²) < 4.78 is 34.9. The maximum absolute atomic E-state index is 11.6. The van der Waals surface area contributed by atoms with E-state index in [4.69, 9.17) is 0 Å². The van der Waals surface area contributed by atoms with Gasteiger partial charge in [0.15, 0.2) is 5.12 Å². The number of rotatable bonds is 5. The molecule has 5 heteroatoms. The molecular weight excluding hydrogens is 201 g/mol. The van der Waals surface area contributed by atoms with Gasteiger partial charge in [0.1, 0.15) is 0 Å². The molecule has 0 aromatic heterocycles. The van der Waals surface area contributed by atoms with Crippen LogP contribution >= 0.6 is 11.8 Å². The van der Waals surface area contributed by atoms with E-state index in [1.54, 1.807) is 0 Å². The smallest absolute Gasteiger partial charge is 0.288 e. The molecule has 0 atom stereocenters. The third kappa shape index (κ3) is 11.8. The molecule has 0 rings (SSSR count). The van der Waals surface area contributed by atoms with Crippen molar-refractivity contribution in [3.8, 4) is 0 Å². The lowest BCUT2D eigenvalue weighted by Gasteiger charge is -2.04. The Balaban J connectivity index is 3.13. The fraction of sp³-hybridized carbons (Fsp3) is 0.875. The number of hydrogen-bond acceptors (Lipinski definition) is 2. The zero-order valence-electron chi connectivity index (χ0n) is 7.49. The van der Waals surface area contributed by atoms with Crippen molar-refractivity contribution >= 4 is 16.9 Å². The quantitative estimate of drug-likeness (QED) is 0.652. The van der Waals surface area contributed by atoms with E-state index in [9.17, 15) is 18.0 Å². The number of carbonyl (C=O) groups excluding carboxylic acids is 1. The van der Waals surface area contributed by atoms with E-state index in [2.05, 4.69) is 0 Å². The molecule has 0 saturated carbocycles. The van der Waals surface area contributed by atoms with Gasteiger partial charge in [0.05, 0.1) is 0 Å². The monoisotopic (exact) mass is 214 g/mol. The molecule has 0 saturated heterocycles. The van der Waals surface area contributed by atoms with Crippen LogP contribution in [0.2, 0.25) is 0 Å². The molecule has 1 nitrogen and oxygen atoms in total. The summed E-state index contributed by atoms with van der Waals surface area (Å²) in [6.07, 6.45) is -3.35. The first-order valence-corrected chi connectivity index (χ1v) is 5.10. The second kappa shape index (κ2) is 6.29. The standard InChI is InChI=1S/C8H13F3OS/c1-7(12)13-6-4-2-3-5-8(9,10)11/h2-6H2,1H3. The number of unbranched alkanes of at least 4 members (excludes halogenated alkanes) is 2. The van der Waals surface area contributed by atoms with Crippen LogP contribution in [0.5, 0.6) is 0 Å². The van der Waals surface area contributed by atoms with E-state index in [0.717, 1.165) is 0 Å². The SMILES string of the molecule is CC(=O)SCCCCCC(F)(F)F. The molecule has 0 aliphatic rings. The van der Waals surface area contributed by atoms with Crippen LogP contribution in [0.15, 0.2) is 0 Å². The molecule has 0 spiro atoms. The van der Waals surface area contributed by atoms with Crippen molar-refractivity contribution in [1.29, 1.82) is 0 Å². The molecule has 0 N–H and O–H groups in total. The minimum Gasteiger partial charge on any atom is -0.288 e. The van der Waals surface area contributed by atoms with Crippen molar-refractivity contribution in [1.82, 2.24) is 0 Å². The molecule has 0 aliphatic heterocycles. The maximum Gasteiger partial charge on any atom is 0.389 e. The van der Waals surface area contributed by atoms with E-state index in [1.165, 1.54) is 18.7 Å². The number of hydrogen-bond donors (Lipinski definition) is 0. The molecule has 0 unspecified atom stereocenters. The molecule has 0 bridgehead atoms. The predicted octanol–water partition coefficient (Wildman–Crippen LogP) is 3.39. The van der Waals surface area contributed by atoms with Gasteiger partial charge in [0.25, 0.3) is 0 Å². The Kier molecular flexibility index (Phi) is 6.20. The molecule has 78 valence electrons. The van der Waals surface area contributed by atoms with E-state index in [-0.39, 0.29) is 11.5 Å². The molecule has 0 fully saturated rings. The van der Waals surface area contributed by atoms with Crippen molar-refractivity contribution < 1.29 is 18.0 Å². The fourth-order valence-corrected chi connectivity index (χ4v) is 1.46. The zero-order chi connectivity index (χ0) is 10.3. The van der Waals surface area contributed by atoms with Crippen LogP contribution in [0.3, 0.4) is 0 Å². The van der Waals surface area contributed by atoms with Gasteiger partial charge in [0, 0.05) is 19.1 Å². The first kappa shape index (κ1) is 12.8. The molecular formula is C8H13F3OS. The summed E-state index contributed by atoms with van der Waals surface area (Å²) in [6.45, 7) is 1.46. The summed E-state index contributed by atoms with van der Waals surface area (Å²) in [4.78, 5) is 10.4. The number of halogens is 3. The number of thioether (sulfide) groups is 1. The van der Waals surface area contributed by atoms with Crippen LogP contribution in [-0.2, 0) is 4.79 Å². The summed E-state index contributed by atoms with van der Waals surface area (Å²) in [7, 11) is 0. The Hall–Kier alpha value is -0.190. The Labute approximate surface area is 80.1 Å². The van der Waals surface area contributed by atoms with Gasteiger partial charge in [-0.3, -0.25) is 4.79 Å². The molecule has 0 heterocycles. The second-order valence-corrected chi connectivity index (χ2v) is 4.04. The van der Waals surface area contributed by atoms with E-state index < -0.39 is 12.6 Å². The average molecular weight is 214 g/mol.